The Balaban J connectivity index is 1.93. The molecular weight excluding hydrogens is 266 g/mol. The van der Waals surface area contributed by atoms with E-state index in [1.165, 1.54) is 6.33 Å². The van der Waals surface area contributed by atoms with Crippen LogP contribution in [0, 0.1) is 0 Å². The smallest absolute Gasteiger partial charge is 0.216 e. The molecule has 2 atom stereocenters. The van der Waals surface area contributed by atoms with Crippen LogP contribution in [0.1, 0.15) is 19.8 Å². The summed E-state index contributed by atoms with van der Waals surface area (Å²) in [5, 5.41) is 4.83. The van der Waals surface area contributed by atoms with E-state index < -0.39 is 5.79 Å². The number of rotatable bonds is 3. The highest BCUT2D eigenvalue weighted by Crippen LogP contribution is 2.39. The van der Waals surface area contributed by atoms with Crippen LogP contribution >= 0.6 is 11.6 Å². The normalized spacial score (nSPS) is 31.2. The molecule has 3 rings (SSSR count). The van der Waals surface area contributed by atoms with Crippen molar-refractivity contribution < 1.29 is 9.47 Å². The first-order valence-electron chi connectivity index (χ1n) is 6.40. The largest absolute Gasteiger partial charge is 0.342 e. The van der Waals surface area contributed by atoms with Crippen LogP contribution in [0.2, 0.25) is 0 Å². The molecule has 0 radical (unpaired) electrons. The molecule has 0 amide bonds. The lowest BCUT2D eigenvalue weighted by Crippen LogP contribution is -2.39. The Bertz CT molecular complexity index is 512. The van der Waals surface area contributed by atoms with Gasteiger partial charge in [-0.15, -0.1) is 0 Å². The first-order chi connectivity index (χ1) is 9.20. The van der Waals surface area contributed by atoms with Gasteiger partial charge in [-0.1, -0.05) is 23.8 Å². The maximum atomic E-state index is 6.33. The maximum absolute atomic E-state index is 6.33. The van der Waals surface area contributed by atoms with Gasteiger partial charge in [0.05, 0.1) is 12.7 Å². The van der Waals surface area contributed by atoms with Crippen LogP contribution in [-0.4, -0.2) is 33.3 Å². The van der Waals surface area contributed by atoms with Gasteiger partial charge in [0.1, 0.15) is 19.2 Å². The number of allylic oxidation sites excluding steroid dienone is 2. The molecule has 1 aromatic heterocycles. The van der Waals surface area contributed by atoms with E-state index in [0.717, 1.165) is 18.4 Å². The van der Waals surface area contributed by atoms with Gasteiger partial charge in [0.2, 0.25) is 5.79 Å². The Morgan fingerprint density at radius 1 is 1.47 bits per heavy atom. The molecule has 2 aliphatic rings. The summed E-state index contributed by atoms with van der Waals surface area (Å²) in [5.74, 6) is -0.846. The number of nitrogens with zero attached hydrogens (tertiary/aromatic N) is 3. The van der Waals surface area contributed by atoms with E-state index in [1.54, 1.807) is 11.0 Å². The van der Waals surface area contributed by atoms with Gasteiger partial charge in [-0.05, 0) is 19.8 Å². The van der Waals surface area contributed by atoms with Gasteiger partial charge in [-0.2, -0.15) is 5.10 Å². The molecule has 1 saturated heterocycles. The Kier molecular flexibility index (Phi) is 3.43. The third-order valence-electron chi connectivity index (χ3n) is 3.29. The Labute approximate surface area is 116 Å². The number of aromatic nitrogens is 3. The van der Waals surface area contributed by atoms with E-state index in [2.05, 4.69) is 16.2 Å². The van der Waals surface area contributed by atoms with Crippen molar-refractivity contribution in [2.24, 2.45) is 0 Å². The summed E-state index contributed by atoms with van der Waals surface area (Å²) < 4.78 is 13.7. The molecule has 1 aliphatic heterocycles. The summed E-state index contributed by atoms with van der Waals surface area (Å²) in [5.41, 5.74) is 0.903. The average Bonchev–Trinajstić information content (AvgIpc) is 3.01. The molecule has 1 fully saturated rings. The Hall–Kier alpha value is -1.17. The van der Waals surface area contributed by atoms with Gasteiger partial charge < -0.3 is 9.47 Å². The minimum absolute atomic E-state index is 0.0378. The zero-order valence-corrected chi connectivity index (χ0v) is 11.5. The highest BCUT2D eigenvalue weighted by Gasteiger charge is 2.45. The topological polar surface area (TPSA) is 49.2 Å². The van der Waals surface area contributed by atoms with Crippen LogP contribution in [0.3, 0.4) is 0 Å². The molecule has 0 aromatic carbocycles. The van der Waals surface area contributed by atoms with Crippen LogP contribution in [-0.2, 0) is 16.0 Å². The second-order valence-corrected chi connectivity index (χ2v) is 5.24. The lowest BCUT2D eigenvalue weighted by atomic mass is 9.98. The van der Waals surface area contributed by atoms with E-state index in [1.807, 2.05) is 13.0 Å². The summed E-state index contributed by atoms with van der Waals surface area (Å²) in [6, 6.07) is 0. The molecule has 1 aliphatic carbocycles. The summed E-state index contributed by atoms with van der Waals surface area (Å²) in [4.78, 5) is 3.95. The number of ether oxygens (including phenoxy) is 2. The number of hydrogen-bond donors (Lipinski definition) is 0. The van der Waals surface area contributed by atoms with E-state index in [0.29, 0.717) is 18.2 Å². The molecular formula is C13H16ClN3O2. The standard InChI is InChI=1S/C13H16ClN3O2/c1-10-6-18-13(19-10,7-17-9-15-8-16-17)11-4-2-3-5-12(11)14/h4-5,8-10H,2-3,6-7H2,1H3/t10?,13-/m1/s1. The predicted molar refractivity (Wildman–Crippen MR) is 70.5 cm³/mol. The van der Waals surface area contributed by atoms with E-state index >= 15 is 0 Å². The van der Waals surface area contributed by atoms with Crippen molar-refractivity contribution in [2.75, 3.05) is 6.61 Å². The van der Waals surface area contributed by atoms with Crippen molar-refractivity contribution in [3.63, 3.8) is 0 Å². The summed E-state index contributed by atoms with van der Waals surface area (Å²) in [7, 11) is 0. The van der Waals surface area contributed by atoms with Crippen molar-refractivity contribution in [2.45, 2.75) is 38.2 Å². The van der Waals surface area contributed by atoms with Crippen LogP contribution in [0.25, 0.3) is 0 Å². The highest BCUT2D eigenvalue weighted by molar-refractivity contribution is 6.32. The highest BCUT2D eigenvalue weighted by atomic mass is 35.5. The van der Waals surface area contributed by atoms with Gasteiger partial charge in [-0.3, -0.25) is 0 Å². The Morgan fingerprint density at radius 2 is 2.32 bits per heavy atom. The van der Waals surface area contributed by atoms with Crippen molar-refractivity contribution >= 4 is 11.6 Å². The first-order valence-corrected chi connectivity index (χ1v) is 6.78. The summed E-state index contributed by atoms with van der Waals surface area (Å²) in [6.07, 6.45) is 9.20. The van der Waals surface area contributed by atoms with Crippen LogP contribution < -0.4 is 0 Å². The molecule has 1 aromatic rings. The fourth-order valence-corrected chi connectivity index (χ4v) is 2.79. The average molecular weight is 282 g/mol. The van der Waals surface area contributed by atoms with Crippen LogP contribution in [0.15, 0.2) is 35.4 Å². The van der Waals surface area contributed by atoms with E-state index in [-0.39, 0.29) is 6.10 Å². The van der Waals surface area contributed by atoms with Crippen molar-refractivity contribution in [1.82, 2.24) is 14.8 Å². The molecule has 6 heteroatoms. The molecule has 0 spiro atoms. The molecule has 2 heterocycles. The lowest BCUT2D eigenvalue weighted by Gasteiger charge is -2.31. The van der Waals surface area contributed by atoms with Gasteiger partial charge in [0, 0.05) is 10.6 Å². The summed E-state index contributed by atoms with van der Waals surface area (Å²) >= 11 is 6.33. The SMILES string of the molecule is CC1CO[C@@](Cn2cncn2)(C2=CCCC=C2Cl)O1. The minimum atomic E-state index is -0.846. The molecule has 0 bridgehead atoms. The second kappa shape index (κ2) is 5.07. The fraction of sp³-hybridized carbons (Fsp3) is 0.538. The monoisotopic (exact) mass is 281 g/mol. The van der Waals surface area contributed by atoms with Gasteiger partial charge in [-0.25, -0.2) is 9.67 Å². The summed E-state index contributed by atoms with van der Waals surface area (Å²) in [6.45, 7) is 2.99. The third kappa shape index (κ3) is 2.45. The molecule has 19 heavy (non-hydrogen) atoms. The lowest BCUT2D eigenvalue weighted by molar-refractivity contribution is -0.145. The molecule has 5 nitrogen and oxygen atoms in total. The van der Waals surface area contributed by atoms with Gasteiger partial charge >= 0.3 is 0 Å². The van der Waals surface area contributed by atoms with E-state index in [4.69, 9.17) is 21.1 Å². The first kappa shape index (κ1) is 12.8. The molecule has 0 saturated carbocycles. The van der Waals surface area contributed by atoms with Gasteiger partial charge in [0.15, 0.2) is 0 Å². The molecule has 102 valence electrons. The number of halogens is 1. The van der Waals surface area contributed by atoms with Crippen molar-refractivity contribution in [1.29, 1.82) is 0 Å². The quantitative estimate of drug-likeness (QED) is 0.853. The molecule has 0 N–H and O–H groups in total. The maximum Gasteiger partial charge on any atom is 0.216 e. The van der Waals surface area contributed by atoms with Gasteiger partial charge in [0.25, 0.3) is 0 Å². The third-order valence-corrected chi connectivity index (χ3v) is 3.64. The van der Waals surface area contributed by atoms with Crippen molar-refractivity contribution in [3.8, 4) is 0 Å². The Morgan fingerprint density at radius 3 is 2.95 bits per heavy atom. The second-order valence-electron chi connectivity index (χ2n) is 4.83. The van der Waals surface area contributed by atoms with Crippen molar-refractivity contribution in [3.05, 3.63) is 35.4 Å². The number of hydrogen-bond acceptors (Lipinski definition) is 4. The van der Waals surface area contributed by atoms with E-state index in [9.17, 15) is 0 Å². The molecule has 1 unspecified atom stereocenters. The van der Waals surface area contributed by atoms with Crippen LogP contribution in [0.4, 0.5) is 0 Å². The van der Waals surface area contributed by atoms with Crippen LogP contribution in [0.5, 0.6) is 0 Å². The fourth-order valence-electron chi connectivity index (χ4n) is 2.46. The predicted octanol–water partition coefficient (Wildman–Crippen LogP) is 2.25. The minimum Gasteiger partial charge on any atom is -0.342 e. The zero-order chi connectivity index (χ0) is 13.3. The zero-order valence-electron chi connectivity index (χ0n) is 10.8.